The largest absolute Gasteiger partial charge is 0.489 e. The molecule has 0 aliphatic carbocycles. The van der Waals surface area contributed by atoms with Crippen LogP contribution in [0.25, 0.3) is 22.0 Å². The van der Waals surface area contributed by atoms with E-state index < -0.39 is 5.56 Å². The Morgan fingerprint density at radius 3 is 2.66 bits per heavy atom. The lowest BCUT2D eigenvalue weighted by molar-refractivity contribution is -0.119. The number of hydrogen-bond donors (Lipinski definition) is 1. The first-order chi connectivity index (χ1) is 19.9. The zero-order chi connectivity index (χ0) is 28.5. The molecule has 1 atom stereocenters. The average Bonchev–Trinajstić information content (AvgIpc) is 3.37. The molecule has 1 aliphatic rings. The van der Waals surface area contributed by atoms with Gasteiger partial charge < -0.3 is 19.7 Å². The van der Waals surface area contributed by atoms with E-state index in [9.17, 15) is 9.59 Å². The van der Waals surface area contributed by atoms with Gasteiger partial charge in [0.25, 0.3) is 5.56 Å². The molecule has 0 spiro atoms. The Balaban J connectivity index is 1.36. The number of nitrogens with one attached hydrogen (secondary N) is 1. The first-order valence-corrected chi connectivity index (χ1v) is 13.5. The van der Waals surface area contributed by atoms with Gasteiger partial charge in [0.05, 0.1) is 16.8 Å². The SMILES string of the molecule is CC1Nc2ccc(N(C)C(=O)Cn3nc(-c4cccc(Cl)c4)c4ccc(OCc5ccccc5)cc4c3=O)cc2O1. The monoisotopic (exact) mass is 566 g/mol. The summed E-state index contributed by atoms with van der Waals surface area (Å²) >= 11 is 6.29. The van der Waals surface area contributed by atoms with Crippen LogP contribution in [0, 0.1) is 0 Å². The summed E-state index contributed by atoms with van der Waals surface area (Å²) in [5.41, 5.74) is 3.39. The number of halogens is 1. The van der Waals surface area contributed by atoms with Crippen LogP contribution >= 0.6 is 11.6 Å². The van der Waals surface area contributed by atoms with Crippen molar-refractivity contribution in [3.8, 4) is 22.8 Å². The van der Waals surface area contributed by atoms with Gasteiger partial charge in [-0.1, -0.05) is 54.1 Å². The molecule has 1 amide bonds. The minimum Gasteiger partial charge on any atom is -0.489 e. The second kappa shape index (κ2) is 11.0. The lowest BCUT2D eigenvalue weighted by Crippen LogP contribution is -2.35. The van der Waals surface area contributed by atoms with Crippen LogP contribution in [0.2, 0.25) is 5.02 Å². The number of likely N-dealkylation sites (N-methyl/N-ethyl adjacent to an activating group) is 1. The van der Waals surface area contributed by atoms with Gasteiger partial charge in [-0.15, -0.1) is 0 Å². The van der Waals surface area contributed by atoms with Gasteiger partial charge in [0, 0.05) is 34.8 Å². The molecule has 0 fully saturated rings. The molecule has 0 radical (unpaired) electrons. The van der Waals surface area contributed by atoms with Crippen LogP contribution in [0.5, 0.6) is 11.5 Å². The average molecular weight is 567 g/mol. The molecule has 2 heterocycles. The number of carbonyl (C=O) groups excluding carboxylic acids is 1. The molecule has 5 aromatic rings. The molecule has 0 saturated carbocycles. The second-order valence-corrected chi connectivity index (χ2v) is 10.3. The van der Waals surface area contributed by atoms with Crippen LogP contribution in [-0.4, -0.2) is 29.0 Å². The number of carbonyl (C=O) groups is 1. The Morgan fingerprint density at radius 2 is 1.85 bits per heavy atom. The van der Waals surface area contributed by atoms with Crippen LogP contribution in [0.15, 0.2) is 95.8 Å². The number of aromatic nitrogens is 2. The van der Waals surface area contributed by atoms with Crippen LogP contribution in [0.1, 0.15) is 12.5 Å². The fraction of sp³-hybridized carbons (Fsp3) is 0.156. The van der Waals surface area contributed by atoms with Crippen molar-refractivity contribution in [2.45, 2.75) is 26.3 Å². The molecule has 1 aliphatic heterocycles. The molecule has 1 aromatic heterocycles. The molecule has 0 saturated heterocycles. The molecule has 206 valence electrons. The van der Waals surface area contributed by atoms with Crippen molar-refractivity contribution in [3.05, 3.63) is 112 Å². The van der Waals surface area contributed by atoms with E-state index in [4.69, 9.17) is 21.1 Å². The first kappa shape index (κ1) is 26.4. The highest BCUT2D eigenvalue weighted by Crippen LogP contribution is 2.35. The molecule has 9 heteroatoms. The zero-order valence-corrected chi connectivity index (χ0v) is 23.3. The molecule has 4 aromatic carbocycles. The van der Waals surface area contributed by atoms with E-state index in [1.165, 1.54) is 9.58 Å². The molecule has 8 nitrogen and oxygen atoms in total. The predicted octanol–water partition coefficient (Wildman–Crippen LogP) is 6.11. The van der Waals surface area contributed by atoms with Crippen molar-refractivity contribution in [1.82, 2.24) is 9.78 Å². The third kappa shape index (κ3) is 5.47. The molecule has 1 unspecified atom stereocenters. The zero-order valence-electron chi connectivity index (χ0n) is 22.5. The van der Waals surface area contributed by atoms with Gasteiger partial charge in [0.2, 0.25) is 5.91 Å². The molecular formula is C32H27ClN4O4. The third-order valence-electron chi connectivity index (χ3n) is 6.95. The predicted molar refractivity (Wildman–Crippen MR) is 161 cm³/mol. The topological polar surface area (TPSA) is 85.7 Å². The Labute approximate surface area is 241 Å². The lowest BCUT2D eigenvalue weighted by atomic mass is 10.0. The minimum atomic E-state index is -0.395. The Morgan fingerprint density at radius 1 is 1.02 bits per heavy atom. The van der Waals surface area contributed by atoms with Gasteiger partial charge in [-0.05, 0) is 55.0 Å². The summed E-state index contributed by atoms with van der Waals surface area (Å²) in [6.07, 6.45) is -0.145. The van der Waals surface area contributed by atoms with Crippen LogP contribution in [-0.2, 0) is 17.9 Å². The lowest BCUT2D eigenvalue weighted by Gasteiger charge is -2.19. The highest BCUT2D eigenvalue weighted by molar-refractivity contribution is 6.30. The summed E-state index contributed by atoms with van der Waals surface area (Å²) in [6, 6.07) is 27.9. The summed E-state index contributed by atoms with van der Waals surface area (Å²) in [7, 11) is 1.66. The standard InChI is InChI=1S/C32H27ClN4O4/c1-20-34-28-14-11-24(16-29(28)41-20)36(2)30(38)18-37-32(39)27-17-25(40-19-21-7-4-3-5-8-21)12-13-26(27)31(35-37)22-9-6-10-23(33)15-22/h3-17,20,34H,18-19H2,1-2H3. The number of fused-ring (bicyclic) bond motifs is 2. The van der Waals surface area contributed by atoms with Crippen molar-refractivity contribution in [3.63, 3.8) is 0 Å². The Kier molecular flexibility index (Phi) is 7.07. The number of amides is 1. The van der Waals surface area contributed by atoms with E-state index in [1.807, 2.05) is 73.7 Å². The van der Waals surface area contributed by atoms with E-state index in [2.05, 4.69) is 10.4 Å². The summed E-state index contributed by atoms with van der Waals surface area (Å²) in [5.74, 6) is 0.894. The Bertz CT molecular complexity index is 1820. The van der Waals surface area contributed by atoms with Crippen LogP contribution in [0.3, 0.4) is 0 Å². The molecular weight excluding hydrogens is 540 g/mol. The smallest absolute Gasteiger partial charge is 0.275 e. The fourth-order valence-corrected chi connectivity index (χ4v) is 5.00. The maximum Gasteiger partial charge on any atom is 0.275 e. The molecule has 6 rings (SSSR count). The van der Waals surface area contributed by atoms with Crippen molar-refractivity contribution >= 4 is 39.7 Å². The summed E-state index contributed by atoms with van der Waals surface area (Å²) in [6.45, 7) is 2.00. The van der Waals surface area contributed by atoms with Crippen molar-refractivity contribution in [2.24, 2.45) is 0 Å². The number of anilines is 2. The highest BCUT2D eigenvalue weighted by atomic mass is 35.5. The van der Waals surface area contributed by atoms with Gasteiger partial charge in [-0.2, -0.15) is 5.10 Å². The van der Waals surface area contributed by atoms with E-state index >= 15 is 0 Å². The second-order valence-electron chi connectivity index (χ2n) is 9.84. The minimum absolute atomic E-state index is 0.145. The molecule has 1 N–H and O–H groups in total. The normalized spacial score (nSPS) is 13.8. The number of benzene rings is 4. The summed E-state index contributed by atoms with van der Waals surface area (Å²) < 4.78 is 13.0. The van der Waals surface area contributed by atoms with Gasteiger partial charge in [0.15, 0.2) is 6.23 Å². The summed E-state index contributed by atoms with van der Waals surface area (Å²) in [4.78, 5) is 28.6. The quantitative estimate of drug-likeness (QED) is 0.256. The van der Waals surface area contributed by atoms with E-state index in [0.717, 1.165) is 16.8 Å². The van der Waals surface area contributed by atoms with Crippen molar-refractivity contribution < 1.29 is 14.3 Å². The van der Waals surface area contributed by atoms with E-state index in [0.29, 0.717) is 45.3 Å². The van der Waals surface area contributed by atoms with Crippen molar-refractivity contribution in [2.75, 3.05) is 17.3 Å². The fourth-order valence-electron chi connectivity index (χ4n) is 4.81. The molecule has 0 bridgehead atoms. The van der Waals surface area contributed by atoms with Crippen molar-refractivity contribution in [1.29, 1.82) is 0 Å². The number of rotatable bonds is 7. The number of ether oxygens (including phenoxy) is 2. The number of nitrogens with zero attached hydrogens (tertiary/aromatic N) is 3. The highest BCUT2D eigenvalue weighted by Gasteiger charge is 2.22. The maximum absolute atomic E-state index is 13.7. The first-order valence-electron chi connectivity index (χ1n) is 13.2. The van der Waals surface area contributed by atoms with Gasteiger partial charge >= 0.3 is 0 Å². The van der Waals surface area contributed by atoms with Crippen LogP contribution < -0.4 is 25.2 Å². The van der Waals surface area contributed by atoms with Gasteiger partial charge in [-0.25, -0.2) is 4.68 Å². The number of hydrogen-bond acceptors (Lipinski definition) is 6. The van der Waals surface area contributed by atoms with Crippen LogP contribution in [0.4, 0.5) is 11.4 Å². The molecule has 41 heavy (non-hydrogen) atoms. The third-order valence-corrected chi connectivity index (χ3v) is 7.19. The Hall–Kier alpha value is -4.82. The van der Waals surface area contributed by atoms with Gasteiger partial charge in [0.1, 0.15) is 24.7 Å². The summed E-state index contributed by atoms with van der Waals surface area (Å²) in [5, 5.41) is 9.41. The van der Waals surface area contributed by atoms with Gasteiger partial charge in [-0.3, -0.25) is 9.59 Å². The maximum atomic E-state index is 13.7. The van der Waals surface area contributed by atoms with E-state index in [-0.39, 0.29) is 18.7 Å². The van der Waals surface area contributed by atoms with E-state index in [1.54, 1.807) is 31.3 Å².